The van der Waals surface area contributed by atoms with Crippen molar-refractivity contribution in [2.24, 2.45) is 0 Å². The third kappa shape index (κ3) is 5.45. The minimum Gasteiger partial charge on any atom is -0.481 e. The Bertz CT molecular complexity index is 1160. The molecule has 1 atom stereocenters. The molecule has 31 heavy (non-hydrogen) atoms. The average molecular weight is 419 g/mol. The topological polar surface area (TPSA) is 101 Å². The van der Waals surface area contributed by atoms with E-state index in [2.05, 4.69) is 10.3 Å². The van der Waals surface area contributed by atoms with Gasteiger partial charge in [0, 0.05) is 30.2 Å². The second-order valence-corrected chi connectivity index (χ2v) is 7.66. The van der Waals surface area contributed by atoms with Crippen molar-refractivity contribution in [2.75, 3.05) is 0 Å². The van der Waals surface area contributed by atoms with Gasteiger partial charge in [-0.15, -0.1) is 0 Å². The molecule has 1 aromatic carbocycles. The van der Waals surface area contributed by atoms with Gasteiger partial charge in [-0.3, -0.25) is 19.4 Å². The van der Waals surface area contributed by atoms with Crippen molar-refractivity contribution in [3.05, 3.63) is 87.6 Å². The number of aryl methyl sites for hydroxylation is 3. The van der Waals surface area contributed by atoms with Crippen molar-refractivity contribution in [1.82, 2.24) is 14.9 Å². The number of aromatic nitrogens is 2. The van der Waals surface area contributed by atoms with Crippen LogP contribution in [0.2, 0.25) is 0 Å². The normalized spacial score (nSPS) is 11.7. The first kappa shape index (κ1) is 22.0. The van der Waals surface area contributed by atoms with Gasteiger partial charge < -0.3 is 15.0 Å². The van der Waals surface area contributed by atoms with Crippen LogP contribution in [0.1, 0.15) is 34.7 Å². The van der Waals surface area contributed by atoms with Crippen molar-refractivity contribution in [1.29, 1.82) is 0 Å². The maximum Gasteiger partial charge on any atom is 0.305 e. The molecule has 0 fully saturated rings. The van der Waals surface area contributed by atoms with Gasteiger partial charge in [-0.25, -0.2) is 0 Å². The molecule has 0 aliphatic rings. The van der Waals surface area contributed by atoms with E-state index in [1.165, 1.54) is 10.6 Å². The first-order chi connectivity index (χ1) is 14.7. The number of amides is 1. The molecule has 7 nitrogen and oxygen atoms in total. The maximum atomic E-state index is 12.6. The van der Waals surface area contributed by atoms with Crippen LogP contribution in [-0.2, 0) is 16.1 Å². The highest BCUT2D eigenvalue weighted by Gasteiger charge is 2.20. The zero-order valence-electron chi connectivity index (χ0n) is 17.8. The third-order valence-corrected chi connectivity index (χ3v) is 5.11. The van der Waals surface area contributed by atoms with E-state index >= 15 is 0 Å². The average Bonchev–Trinajstić information content (AvgIpc) is 2.69. The molecule has 160 valence electrons. The summed E-state index contributed by atoms with van der Waals surface area (Å²) in [6.07, 6.45) is 4.53. The van der Waals surface area contributed by atoms with Gasteiger partial charge >= 0.3 is 5.97 Å². The molecule has 2 aromatic heterocycles. The minimum absolute atomic E-state index is 0.195. The maximum absolute atomic E-state index is 12.6. The second kappa shape index (κ2) is 9.38. The molecule has 0 saturated carbocycles. The quantitative estimate of drug-likeness (QED) is 0.613. The lowest BCUT2D eigenvalue weighted by atomic mass is 9.94. The number of hydrogen-bond acceptors (Lipinski definition) is 4. The van der Waals surface area contributed by atoms with E-state index in [9.17, 15) is 19.5 Å². The molecule has 2 heterocycles. The summed E-state index contributed by atoms with van der Waals surface area (Å²) in [5, 5.41) is 12.1. The predicted molar refractivity (Wildman–Crippen MR) is 118 cm³/mol. The van der Waals surface area contributed by atoms with Gasteiger partial charge in [-0.05, 0) is 60.7 Å². The molecule has 0 bridgehead atoms. The van der Waals surface area contributed by atoms with Gasteiger partial charge in [-0.1, -0.05) is 18.2 Å². The fourth-order valence-electron chi connectivity index (χ4n) is 3.61. The van der Waals surface area contributed by atoms with Crippen LogP contribution in [0.15, 0.2) is 59.8 Å². The Balaban J connectivity index is 1.88. The van der Waals surface area contributed by atoms with Gasteiger partial charge in [-0.2, -0.15) is 0 Å². The molecule has 0 aliphatic carbocycles. The summed E-state index contributed by atoms with van der Waals surface area (Å²) in [6.45, 7) is 5.61. The van der Waals surface area contributed by atoms with E-state index < -0.39 is 17.9 Å². The number of rotatable bonds is 7. The predicted octanol–water partition coefficient (Wildman–Crippen LogP) is 3.17. The van der Waals surface area contributed by atoms with Crippen LogP contribution < -0.4 is 10.9 Å². The van der Waals surface area contributed by atoms with Crippen LogP contribution >= 0.6 is 0 Å². The van der Waals surface area contributed by atoms with Crippen LogP contribution in [0.25, 0.3) is 11.1 Å². The highest BCUT2D eigenvalue weighted by atomic mass is 16.4. The molecule has 2 N–H and O–H groups in total. The van der Waals surface area contributed by atoms with Gasteiger partial charge in [0.15, 0.2) is 0 Å². The SMILES string of the molecule is Cc1ccn(CC(=O)N[C@H](CC(=O)O)c2cncc(-c3c(C)cccc3C)c2)c(=O)c1. The Kier molecular flexibility index (Phi) is 6.65. The van der Waals surface area contributed by atoms with E-state index in [1.807, 2.05) is 38.1 Å². The van der Waals surface area contributed by atoms with E-state index in [4.69, 9.17) is 0 Å². The standard InChI is InChI=1S/C24H25N3O4/c1-15-7-8-27(22(29)9-15)14-21(28)26-20(11-23(30)31)18-10-19(13-25-12-18)24-16(2)5-4-6-17(24)3/h4-10,12-13,20H,11,14H2,1-3H3,(H,26,28)(H,30,31)/t20-/m1/s1. The lowest BCUT2D eigenvalue weighted by molar-refractivity contribution is -0.137. The number of nitrogens with zero attached hydrogens (tertiary/aromatic N) is 2. The number of hydrogen-bond donors (Lipinski definition) is 2. The number of carbonyl (C=O) groups excluding carboxylic acids is 1. The van der Waals surface area contributed by atoms with Gasteiger partial charge in [0.1, 0.15) is 6.54 Å². The summed E-state index contributed by atoms with van der Waals surface area (Å²) >= 11 is 0. The number of benzene rings is 1. The van der Waals surface area contributed by atoms with Crippen molar-refractivity contribution in [3.8, 4) is 11.1 Å². The molecular formula is C24H25N3O4. The Morgan fingerprint density at radius 3 is 2.45 bits per heavy atom. The van der Waals surface area contributed by atoms with E-state index in [0.29, 0.717) is 5.56 Å². The zero-order chi connectivity index (χ0) is 22.5. The minimum atomic E-state index is -1.05. The lowest BCUT2D eigenvalue weighted by Crippen LogP contribution is -2.35. The summed E-state index contributed by atoms with van der Waals surface area (Å²) in [6, 6.07) is 10.2. The number of carbonyl (C=O) groups is 2. The van der Waals surface area contributed by atoms with E-state index in [1.54, 1.807) is 31.6 Å². The summed E-state index contributed by atoms with van der Waals surface area (Å²) in [5.41, 5.74) is 5.15. The number of carboxylic acids is 1. The Morgan fingerprint density at radius 1 is 1.10 bits per heavy atom. The molecular weight excluding hydrogens is 394 g/mol. The fraction of sp³-hybridized carbons (Fsp3) is 0.250. The lowest BCUT2D eigenvalue weighted by Gasteiger charge is -2.19. The van der Waals surface area contributed by atoms with Crippen molar-refractivity contribution < 1.29 is 14.7 Å². The molecule has 1 amide bonds. The van der Waals surface area contributed by atoms with Gasteiger partial charge in [0.2, 0.25) is 5.91 Å². The van der Waals surface area contributed by atoms with E-state index in [-0.39, 0.29) is 18.5 Å². The first-order valence-electron chi connectivity index (χ1n) is 9.94. The number of carboxylic acid groups (broad SMARTS) is 1. The Morgan fingerprint density at radius 2 is 1.81 bits per heavy atom. The summed E-state index contributed by atoms with van der Waals surface area (Å²) in [7, 11) is 0. The zero-order valence-corrected chi connectivity index (χ0v) is 17.8. The summed E-state index contributed by atoms with van der Waals surface area (Å²) < 4.78 is 1.28. The monoisotopic (exact) mass is 419 g/mol. The smallest absolute Gasteiger partial charge is 0.305 e. The molecule has 0 spiro atoms. The highest BCUT2D eigenvalue weighted by molar-refractivity contribution is 5.78. The fourth-order valence-corrected chi connectivity index (χ4v) is 3.61. The van der Waals surface area contributed by atoms with Gasteiger partial charge in [0.05, 0.1) is 12.5 Å². The van der Waals surface area contributed by atoms with E-state index in [0.717, 1.165) is 27.8 Å². The van der Waals surface area contributed by atoms with Crippen LogP contribution in [-0.4, -0.2) is 26.5 Å². The molecule has 3 aromatic rings. The van der Waals surface area contributed by atoms with Crippen molar-refractivity contribution in [3.63, 3.8) is 0 Å². The van der Waals surface area contributed by atoms with Crippen LogP contribution in [0.3, 0.4) is 0 Å². The third-order valence-electron chi connectivity index (χ3n) is 5.11. The molecule has 0 radical (unpaired) electrons. The van der Waals surface area contributed by atoms with Crippen LogP contribution in [0.4, 0.5) is 0 Å². The highest BCUT2D eigenvalue weighted by Crippen LogP contribution is 2.29. The Hall–Kier alpha value is -3.74. The molecule has 0 unspecified atom stereocenters. The van der Waals surface area contributed by atoms with Crippen molar-refractivity contribution >= 4 is 11.9 Å². The number of nitrogens with one attached hydrogen (secondary N) is 1. The second-order valence-electron chi connectivity index (χ2n) is 7.66. The van der Waals surface area contributed by atoms with Crippen LogP contribution in [0, 0.1) is 20.8 Å². The number of aliphatic carboxylic acids is 1. The largest absolute Gasteiger partial charge is 0.481 e. The molecule has 0 aliphatic heterocycles. The van der Waals surface area contributed by atoms with Crippen molar-refractivity contribution in [2.45, 2.75) is 39.8 Å². The summed E-state index contributed by atoms with van der Waals surface area (Å²) in [5.74, 6) is -1.50. The summed E-state index contributed by atoms with van der Waals surface area (Å²) in [4.78, 5) is 40.4. The molecule has 0 saturated heterocycles. The molecule has 7 heteroatoms. The van der Waals surface area contributed by atoms with Crippen LogP contribution in [0.5, 0.6) is 0 Å². The number of pyridine rings is 2. The molecule has 3 rings (SSSR count). The Labute approximate surface area is 180 Å². The van der Waals surface area contributed by atoms with Gasteiger partial charge in [0.25, 0.3) is 5.56 Å². The first-order valence-corrected chi connectivity index (χ1v) is 9.94.